The van der Waals surface area contributed by atoms with Crippen molar-refractivity contribution in [2.45, 2.75) is 13.5 Å². The first kappa shape index (κ1) is 23.5. The molecule has 1 amide bonds. The standard InChI is InChI=1S/C13H12N4O2.C3H7NO2.C2H4O2/c14-13(19)11-10-12(17(5-6-18)7-15-10)8-3-1-2-4-9(8)16-11;1-4-2-3(5)6;1-2(3)4/h1-4,7,18H,5-6H2,(H2,14,19);4H,2H2,1H3,(H,5,6);1H3,(H,3,4). The van der Waals surface area contributed by atoms with Crippen LogP contribution in [-0.2, 0) is 16.1 Å². The fourth-order valence-corrected chi connectivity index (χ4v) is 2.38. The number of carbonyl (C=O) groups is 3. The van der Waals surface area contributed by atoms with E-state index in [-0.39, 0.29) is 18.8 Å². The summed E-state index contributed by atoms with van der Waals surface area (Å²) in [5, 5.41) is 27.7. The molecule has 0 aliphatic rings. The number of nitrogens with one attached hydrogen (secondary N) is 1. The van der Waals surface area contributed by atoms with Crippen LogP contribution < -0.4 is 11.1 Å². The van der Waals surface area contributed by atoms with Crippen LogP contribution in [0, 0.1) is 0 Å². The maximum absolute atomic E-state index is 11.5. The maximum atomic E-state index is 11.5. The van der Waals surface area contributed by atoms with Gasteiger partial charge in [-0.15, -0.1) is 0 Å². The molecule has 156 valence electrons. The number of carboxylic acids is 2. The molecule has 11 nitrogen and oxygen atoms in total. The van der Waals surface area contributed by atoms with Crippen molar-refractivity contribution in [2.24, 2.45) is 5.73 Å². The van der Waals surface area contributed by atoms with Gasteiger partial charge in [0.1, 0.15) is 5.52 Å². The van der Waals surface area contributed by atoms with Gasteiger partial charge >= 0.3 is 5.97 Å². The van der Waals surface area contributed by atoms with Crippen molar-refractivity contribution in [1.82, 2.24) is 19.9 Å². The summed E-state index contributed by atoms with van der Waals surface area (Å²) >= 11 is 0. The summed E-state index contributed by atoms with van der Waals surface area (Å²) in [6, 6.07) is 7.46. The lowest BCUT2D eigenvalue weighted by atomic mass is 10.1. The number of pyridine rings is 1. The number of aliphatic carboxylic acids is 2. The number of rotatable bonds is 5. The summed E-state index contributed by atoms with van der Waals surface area (Å²) in [7, 11) is 1.59. The third kappa shape index (κ3) is 6.83. The molecule has 0 saturated carbocycles. The Balaban J connectivity index is 0.000000353. The van der Waals surface area contributed by atoms with Gasteiger partial charge in [0, 0.05) is 18.9 Å². The number of likely N-dealkylation sites (N-methyl/N-ethyl adjacent to an activating group) is 1. The highest BCUT2D eigenvalue weighted by molar-refractivity contribution is 6.11. The highest BCUT2D eigenvalue weighted by Gasteiger charge is 2.16. The number of aromatic nitrogens is 3. The number of para-hydroxylation sites is 1. The average molecular weight is 405 g/mol. The minimum Gasteiger partial charge on any atom is -0.481 e. The second kappa shape index (κ2) is 11.3. The fourth-order valence-electron chi connectivity index (χ4n) is 2.38. The molecule has 0 unspecified atom stereocenters. The molecule has 0 bridgehead atoms. The van der Waals surface area contributed by atoms with Crippen molar-refractivity contribution >= 4 is 39.8 Å². The Morgan fingerprint density at radius 3 is 2.31 bits per heavy atom. The largest absolute Gasteiger partial charge is 0.481 e. The summed E-state index contributed by atoms with van der Waals surface area (Å²) in [6.45, 7) is 1.52. The first-order valence-electron chi connectivity index (χ1n) is 8.43. The SMILES string of the molecule is CC(=O)O.CNCC(=O)O.NC(=O)c1nc2ccccc2c2c1ncn2CCO. The van der Waals surface area contributed by atoms with Gasteiger partial charge in [-0.3, -0.25) is 14.4 Å². The molecule has 0 aliphatic heterocycles. The molecule has 2 heterocycles. The zero-order valence-corrected chi connectivity index (χ0v) is 16.0. The smallest absolute Gasteiger partial charge is 0.317 e. The van der Waals surface area contributed by atoms with Crippen LogP contribution in [0.25, 0.3) is 21.9 Å². The van der Waals surface area contributed by atoms with E-state index in [9.17, 15) is 9.59 Å². The van der Waals surface area contributed by atoms with Gasteiger partial charge in [-0.05, 0) is 13.1 Å². The molecule has 0 aliphatic carbocycles. The van der Waals surface area contributed by atoms with E-state index in [0.717, 1.165) is 17.8 Å². The molecule has 0 atom stereocenters. The highest BCUT2D eigenvalue weighted by atomic mass is 16.4. The van der Waals surface area contributed by atoms with E-state index in [1.54, 1.807) is 17.9 Å². The fraction of sp³-hybridized carbons (Fsp3) is 0.278. The first-order valence-corrected chi connectivity index (χ1v) is 8.43. The first-order chi connectivity index (χ1) is 13.7. The number of benzene rings is 1. The zero-order chi connectivity index (χ0) is 22.0. The third-order valence-electron chi connectivity index (χ3n) is 3.36. The van der Waals surface area contributed by atoms with Crippen LogP contribution >= 0.6 is 0 Å². The van der Waals surface area contributed by atoms with Crippen molar-refractivity contribution < 1.29 is 29.7 Å². The molecule has 11 heteroatoms. The number of fused-ring (bicyclic) bond motifs is 3. The van der Waals surface area contributed by atoms with Crippen LogP contribution in [0.1, 0.15) is 17.4 Å². The molecule has 3 rings (SSSR count). The molecule has 29 heavy (non-hydrogen) atoms. The quantitative estimate of drug-likeness (QED) is 0.392. The van der Waals surface area contributed by atoms with Crippen molar-refractivity contribution in [3.63, 3.8) is 0 Å². The highest BCUT2D eigenvalue weighted by Crippen LogP contribution is 2.25. The van der Waals surface area contributed by atoms with Crippen LogP contribution in [-0.4, -0.2) is 67.9 Å². The summed E-state index contributed by atoms with van der Waals surface area (Å²) in [5.74, 6) is -2.26. The monoisotopic (exact) mass is 405 g/mol. The van der Waals surface area contributed by atoms with E-state index in [4.69, 9.17) is 25.8 Å². The van der Waals surface area contributed by atoms with Crippen molar-refractivity contribution in [3.05, 3.63) is 36.3 Å². The Morgan fingerprint density at radius 1 is 1.21 bits per heavy atom. The van der Waals surface area contributed by atoms with Crippen molar-refractivity contribution in [1.29, 1.82) is 0 Å². The predicted octanol–water partition coefficient (Wildman–Crippen LogP) is 0.0570. The molecule has 1 aromatic carbocycles. The molecule has 0 radical (unpaired) electrons. The Hall–Kier alpha value is -3.57. The van der Waals surface area contributed by atoms with E-state index in [0.29, 0.717) is 17.6 Å². The van der Waals surface area contributed by atoms with Gasteiger partial charge < -0.3 is 30.9 Å². The van der Waals surface area contributed by atoms with Crippen LogP contribution in [0.15, 0.2) is 30.6 Å². The van der Waals surface area contributed by atoms with Gasteiger partial charge in [0.25, 0.3) is 11.9 Å². The van der Waals surface area contributed by atoms with Crippen LogP contribution in [0.4, 0.5) is 0 Å². The van der Waals surface area contributed by atoms with Crippen molar-refractivity contribution in [2.75, 3.05) is 20.2 Å². The van der Waals surface area contributed by atoms with Gasteiger partial charge in [0.05, 0.1) is 30.5 Å². The normalized spacial score (nSPS) is 9.90. The molecule has 6 N–H and O–H groups in total. The predicted molar refractivity (Wildman–Crippen MR) is 106 cm³/mol. The number of aliphatic hydroxyl groups is 1. The minimum absolute atomic E-state index is 0.00594. The second-order valence-electron chi connectivity index (χ2n) is 5.64. The van der Waals surface area contributed by atoms with Gasteiger partial charge in [-0.25, -0.2) is 9.97 Å². The van der Waals surface area contributed by atoms with E-state index in [1.807, 2.05) is 24.3 Å². The summed E-state index contributed by atoms with van der Waals surface area (Å²) in [4.78, 5) is 38.5. The number of amides is 1. The molecule has 2 aromatic heterocycles. The Labute approximate surface area is 165 Å². The maximum Gasteiger partial charge on any atom is 0.317 e. The molecule has 0 saturated heterocycles. The Bertz CT molecular complexity index is 997. The number of imidazole rings is 1. The second-order valence-corrected chi connectivity index (χ2v) is 5.64. The third-order valence-corrected chi connectivity index (χ3v) is 3.36. The number of nitrogens with zero attached hydrogens (tertiary/aromatic N) is 3. The van der Waals surface area contributed by atoms with Crippen molar-refractivity contribution in [3.8, 4) is 0 Å². The van der Waals surface area contributed by atoms with E-state index < -0.39 is 17.8 Å². The number of hydrogen-bond acceptors (Lipinski definition) is 7. The number of hydrogen-bond donors (Lipinski definition) is 5. The summed E-state index contributed by atoms with van der Waals surface area (Å²) in [6.07, 6.45) is 1.58. The number of primary amides is 1. The molecular formula is C18H23N5O6. The number of nitrogens with two attached hydrogens (primary N) is 1. The van der Waals surface area contributed by atoms with E-state index in [2.05, 4.69) is 15.3 Å². The van der Waals surface area contributed by atoms with Gasteiger partial charge in [0.15, 0.2) is 5.69 Å². The topological polar surface area (TPSA) is 181 Å². The van der Waals surface area contributed by atoms with Crippen LogP contribution in [0.3, 0.4) is 0 Å². The number of aliphatic hydroxyl groups excluding tert-OH is 1. The molecule has 0 fully saturated rings. The lowest BCUT2D eigenvalue weighted by molar-refractivity contribution is -0.136. The average Bonchev–Trinajstić information content (AvgIpc) is 3.05. The van der Waals surface area contributed by atoms with Gasteiger partial charge in [0.2, 0.25) is 0 Å². The Morgan fingerprint density at radius 2 is 1.83 bits per heavy atom. The molecule has 3 aromatic rings. The number of carboxylic acid groups (broad SMARTS) is 2. The lowest BCUT2D eigenvalue weighted by Gasteiger charge is -2.06. The zero-order valence-electron chi connectivity index (χ0n) is 16.0. The van der Waals surface area contributed by atoms with Gasteiger partial charge in [-0.2, -0.15) is 0 Å². The van der Waals surface area contributed by atoms with Gasteiger partial charge in [-0.1, -0.05) is 18.2 Å². The summed E-state index contributed by atoms with van der Waals surface area (Å²) < 4.78 is 1.80. The van der Waals surface area contributed by atoms with E-state index in [1.165, 1.54) is 0 Å². The molecule has 0 spiro atoms. The minimum atomic E-state index is -0.833. The van der Waals surface area contributed by atoms with E-state index >= 15 is 0 Å². The van der Waals surface area contributed by atoms with Crippen LogP contribution in [0.5, 0.6) is 0 Å². The Kier molecular flexibility index (Phi) is 9.16. The van der Waals surface area contributed by atoms with Crippen LogP contribution in [0.2, 0.25) is 0 Å². The molecular weight excluding hydrogens is 382 g/mol. The number of carbonyl (C=O) groups excluding carboxylic acids is 1. The lowest BCUT2D eigenvalue weighted by Crippen LogP contribution is -2.16. The summed E-state index contributed by atoms with van der Waals surface area (Å²) in [5.41, 5.74) is 7.44.